The summed E-state index contributed by atoms with van der Waals surface area (Å²) in [5, 5.41) is 8.49. The van der Waals surface area contributed by atoms with Gasteiger partial charge >= 0.3 is 0 Å². The van der Waals surface area contributed by atoms with E-state index in [1.165, 1.54) is 12.8 Å². The molecule has 21 heavy (non-hydrogen) atoms. The van der Waals surface area contributed by atoms with Gasteiger partial charge in [0.25, 0.3) is 5.91 Å². The van der Waals surface area contributed by atoms with E-state index in [0.29, 0.717) is 18.2 Å². The fourth-order valence-electron chi connectivity index (χ4n) is 2.83. The molecule has 1 unspecified atom stereocenters. The molecule has 2 aromatic rings. The standard InChI is InChI=1S/C15H17N5O/c21-15(13-3-1-2-7-16-13)19-8-6-12(9-19)20-10-14(17-18-20)11-4-5-11/h1-3,7,10-12H,4-6,8-9H2. The van der Waals surface area contributed by atoms with Gasteiger partial charge in [-0.1, -0.05) is 11.3 Å². The number of hydrogen-bond acceptors (Lipinski definition) is 4. The number of rotatable bonds is 3. The Balaban J connectivity index is 1.45. The second-order valence-corrected chi connectivity index (χ2v) is 5.81. The molecule has 1 atom stereocenters. The van der Waals surface area contributed by atoms with Gasteiger partial charge in [0, 0.05) is 31.4 Å². The Morgan fingerprint density at radius 3 is 2.90 bits per heavy atom. The quantitative estimate of drug-likeness (QED) is 0.859. The highest BCUT2D eigenvalue weighted by molar-refractivity contribution is 5.92. The first-order valence-electron chi connectivity index (χ1n) is 7.43. The normalized spacial score (nSPS) is 21.7. The molecule has 2 fully saturated rings. The van der Waals surface area contributed by atoms with Gasteiger partial charge in [-0.2, -0.15) is 0 Å². The summed E-state index contributed by atoms with van der Waals surface area (Å²) in [6.45, 7) is 1.43. The molecule has 0 aromatic carbocycles. The van der Waals surface area contributed by atoms with Crippen molar-refractivity contribution in [2.75, 3.05) is 13.1 Å². The molecule has 0 N–H and O–H groups in total. The van der Waals surface area contributed by atoms with E-state index < -0.39 is 0 Å². The molecule has 0 radical (unpaired) electrons. The van der Waals surface area contributed by atoms with Crippen molar-refractivity contribution in [3.05, 3.63) is 42.0 Å². The van der Waals surface area contributed by atoms with Gasteiger partial charge in [0.1, 0.15) is 5.69 Å². The van der Waals surface area contributed by atoms with Crippen LogP contribution in [0.2, 0.25) is 0 Å². The SMILES string of the molecule is O=C(c1ccccn1)N1CCC(n2cc(C3CC3)nn2)C1. The number of carbonyl (C=O) groups is 1. The monoisotopic (exact) mass is 283 g/mol. The molecular formula is C15H17N5O. The topological polar surface area (TPSA) is 63.9 Å². The fraction of sp³-hybridized carbons (Fsp3) is 0.467. The summed E-state index contributed by atoms with van der Waals surface area (Å²) in [6.07, 6.45) is 7.09. The second-order valence-electron chi connectivity index (χ2n) is 5.81. The van der Waals surface area contributed by atoms with Gasteiger partial charge < -0.3 is 4.90 Å². The number of pyridine rings is 1. The third-order valence-corrected chi connectivity index (χ3v) is 4.23. The van der Waals surface area contributed by atoms with Crippen molar-refractivity contribution in [3.8, 4) is 0 Å². The molecule has 1 amide bonds. The maximum Gasteiger partial charge on any atom is 0.272 e. The molecule has 3 heterocycles. The Morgan fingerprint density at radius 1 is 1.24 bits per heavy atom. The number of likely N-dealkylation sites (tertiary alicyclic amines) is 1. The fourth-order valence-corrected chi connectivity index (χ4v) is 2.83. The van der Waals surface area contributed by atoms with E-state index in [4.69, 9.17) is 0 Å². The molecule has 1 saturated heterocycles. The third kappa shape index (κ3) is 2.41. The van der Waals surface area contributed by atoms with Crippen LogP contribution < -0.4 is 0 Å². The van der Waals surface area contributed by atoms with Crippen molar-refractivity contribution in [2.24, 2.45) is 0 Å². The van der Waals surface area contributed by atoms with Crippen LogP contribution in [0, 0.1) is 0 Å². The summed E-state index contributed by atoms with van der Waals surface area (Å²) < 4.78 is 1.93. The highest BCUT2D eigenvalue weighted by Gasteiger charge is 2.31. The number of hydrogen-bond donors (Lipinski definition) is 0. The van der Waals surface area contributed by atoms with E-state index in [2.05, 4.69) is 21.5 Å². The molecule has 1 aliphatic heterocycles. The van der Waals surface area contributed by atoms with E-state index in [1.807, 2.05) is 21.7 Å². The molecule has 2 aliphatic rings. The number of carbonyl (C=O) groups excluding carboxylic acids is 1. The Hall–Kier alpha value is -2.24. The Morgan fingerprint density at radius 2 is 2.14 bits per heavy atom. The molecule has 108 valence electrons. The van der Waals surface area contributed by atoms with Crippen molar-refractivity contribution in [3.63, 3.8) is 0 Å². The van der Waals surface area contributed by atoms with E-state index in [1.54, 1.807) is 12.3 Å². The van der Waals surface area contributed by atoms with Gasteiger partial charge in [-0.25, -0.2) is 4.68 Å². The molecule has 0 spiro atoms. The number of amides is 1. The van der Waals surface area contributed by atoms with E-state index >= 15 is 0 Å². The van der Waals surface area contributed by atoms with Gasteiger partial charge in [-0.3, -0.25) is 9.78 Å². The minimum atomic E-state index is 0.000585. The predicted molar refractivity (Wildman–Crippen MR) is 75.8 cm³/mol. The molecule has 2 aromatic heterocycles. The second kappa shape index (κ2) is 4.95. The molecule has 1 aliphatic carbocycles. The predicted octanol–water partition coefficient (Wildman–Crippen LogP) is 1.64. The first-order chi connectivity index (χ1) is 10.3. The summed E-state index contributed by atoms with van der Waals surface area (Å²) in [7, 11) is 0. The smallest absolute Gasteiger partial charge is 0.272 e. The van der Waals surface area contributed by atoms with Crippen LogP contribution in [0.3, 0.4) is 0 Å². The first-order valence-corrected chi connectivity index (χ1v) is 7.43. The van der Waals surface area contributed by atoms with Crippen molar-refractivity contribution >= 4 is 5.91 Å². The molecular weight excluding hydrogens is 266 g/mol. The van der Waals surface area contributed by atoms with Crippen molar-refractivity contribution in [2.45, 2.75) is 31.2 Å². The van der Waals surface area contributed by atoms with Crippen LogP contribution >= 0.6 is 0 Å². The van der Waals surface area contributed by atoms with E-state index in [0.717, 1.165) is 18.7 Å². The van der Waals surface area contributed by atoms with E-state index in [9.17, 15) is 4.79 Å². The highest BCUT2D eigenvalue weighted by Crippen LogP contribution is 2.39. The Bertz CT molecular complexity index is 649. The molecule has 6 heteroatoms. The maximum absolute atomic E-state index is 12.4. The van der Waals surface area contributed by atoms with E-state index in [-0.39, 0.29) is 11.9 Å². The van der Waals surface area contributed by atoms with Crippen LogP contribution in [0.1, 0.15) is 47.4 Å². The average molecular weight is 283 g/mol. The van der Waals surface area contributed by atoms with Crippen molar-refractivity contribution in [1.29, 1.82) is 0 Å². The third-order valence-electron chi connectivity index (χ3n) is 4.23. The molecule has 0 bridgehead atoms. The van der Waals surface area contributed by atoms with Crippen LogP contribution in [0.5, 0.6) is 0 Å². The molecule has 1 saturated carbocycles. The Kier molecular flexibility index (Phi) is 2.94. The number of nitrogens with zero attached hydrogens (tertiary/aromatic N) is 5. The minimum Gasteiger partial charge on any atom is -0.335 e. The van der Waals surface area contributed by atoms with Crippen LogP contribution in [-0.2, 0) is 0 Å². The summed E-state index contributed by atoms with van der Waals surface area (Å²) in [4.78, 5) is 18.3. The maximum atomic E-state index is 12.4. The lowest BCUT2D eigenvalue weighted by Gasteiger charge is -2.15. The summed E-state index contributed by atoms with van der Waals surface area (Å²) >= 11 is 0. The van der Waals surface area contributed by atoms with Crippen LogP contribution in [-0.4, -0.2) is 43.9 Å². The highest BCUT2D eigenvalue weighted by atomic mass is 16.2. The van der Waals surface area contributed by atoms with Gasteiger partial charge in [-0.05, 0) is 31.4 Å². The van der Waals surface area contributed by atoms with Crippen molar-refractivity contribution < 1.29 is 4.79 Å². The Labute approximate surface area is 122 Å². The molecule has 6 nitrogen and oxygen atoms in total. The summed E-state index contributed by atoms with van der Waals surface area (Å²) in [6, 6.07) is 5.65. The molecule has 4 rings (SSSR count). The lowest BCUT2D eigenvalue weighted by Crippen LogP contribution is -2.29. The number of aromatic nitrogens is 4. The lowest BCUT2D eigenvalue weighted by molar-refractivity contribution is 0.0781. The van der Waals surface area contributed by atoms with Crippen molar-refractivity contribution in [1.82, 2.24) is 24.9 Å². The van der Waals surface area contributed by atoms with Gasteiger partial charge in [0.2, 0.25) is 0 Å². The zero-order chi connectivity index (χ0) is 14.2. The summed E-state index contributed by atoms with van der Waals surface area (Å²) in [5.41, 5.74) is 1.61. The average Bonchev–Trinajstić information content (AvgIpc) is 3.07. The zero-order valence-electron chi connectivity index (χ0n) is 11.7. The van der Waals surface area contributed by atoms with Gasteiger partial charge in [0.05, 0.1) is 11.7 Å². The first kappa shape index (κ1) is 12.5. The largest absolute Gasteiger partial charge is 0.335 e. The minimum absolute atomic E-state index is 0.000585. The zero-order valence-corrected chi connectivity index (χ0v) is 11.7. The van der Waals surface area contributed by atoms with Crippen LogP contribution in [0.4, 0.5) is 0 Å². The van der Waals surface area contributed by atoms with Gasteiger partial charge in [0.15, 0.2) is 0 Å². The van der Waals surface area contributed by atoms with Crippen LogP contribution in [0.25, 0.3) is 0 Å². The summed E-state index contributed by atoms with van der Waals surface area (Å²) in [5.74, 6) is 0.618. The van der Waals surface area contributed by atoms with Crippen LogP contribution in [0.15, 0.2) is 30.6 Å². The van der Waals surface area contributed by atoms with Gasteiger partial charge in [-0.15, -0.1) is 5.10 Å². The lowest BCUT2D eigenvalue weighted by atomic mass is 10.2.